The quantitative estimate of drug-likeness (QED) is 0.845. The van der Waals surface area contributed by atoms with Crippen molar-refractivity contribution in [2.24, 2.45) is 5.73 Å². The van der Waals surface area contributed by atoms with Gasteiger partial charge in [-0.05, 0) is 22.9 Å². The molecule has 1 atom stereocenters. The average molecular weight is 242 g/mol. The summed E-state index contributed by atoms with van der Waals surface area (Å²) in [6.07, 6.45) is 0.321. The zero-order valence-electron chi connectivity index (χ0n) is 10.5. The second-order valence-corrected chi connectivity index (χ2v) is 4.35. The molecule has 0 aliphatic rings. The highest BCUT2D eigenvalue weighted by atomic mass is 16.1. The number of rotatable bonds is 5. The maximum atomic E-state index is 11.2. The van der Waals surface area contributed by atoms with Crippen molar-refractivity contribution in [1.82, 2.24) is 5.32 Å². The van der Waals surface area contributed by atoms with Crippen LogP contribution in [0.1, 0.15) is 24.9 Å². The molecule has 3 nitrogen and oxygen atoms in total. The first-order valence-corrected chi connectivity index (χ1v) is 6.21. The molecule has 2 aromatic carbocycles. The third-order valence-corrected chi connectivity index (χ3v) is 3.05. The number of hydrogen-bond donors (Lipinski definition) is 2. The lowest BCUT2D eigenvalue weighted by Crippen LogP contribution is -2.26. The molecule has 2 aromatic rings. The minimum atomic E-state index is -0.283. The van der Waals surface area contributed by atoms with Crippen LogP contribution in [0.5, 0.6) is 0 Å². The van der Waals surface area contributed by atoms with Crippen LogP contribution in [0, 0.1) is 0 Å². The van der Waals surface area contributed by atoms with Gasteiger partial charge in [0.25, 0.3) is 0 Å². The second-order valence-electron chi connectivity index (χ2n) is 4.35. The van der Waals surface area contributed by atoms with Gasteiger partial charge in [0.15, 0.2) is 0 Å². The van der Waals surface area contributed by atoms with Gasteiger partial charge in [-0.2, -0.15) is 0 Å². The van der Waals surface area contributed by atoms with Crippen LogP contribution >= 0.6 is 0 Å². The number of hydrogen-bond acceptors (Lipinski definition) is 2. The van der Waals surface area contributed by atoms with E-state index in [0.29, 0.717) is 6.42 Å². The Bertz CT molecular complexity index is 546. The van der Waals surface area contributed by atoms with E-state index >= 15 is 0 Å². The Morgan fingerprint density at radius 3 is 2.67 bits per heavy atom. The Morgan fingerprint density at radius 1 is 1.22 bits per heavy atom. The van der Waals surface area contributed by atoms with E-state index in [1.807, 2.05) is 25.1 Å². The summed E-state index contributed by atoms with van der Waals surface area (Å²) >= 11 is 0. The standard InChI is InChI=1S/C15H18N2O/c1-2-17-14(10-15(16)18)13-9-5-7-11-6-3-4-8-12(11)13/h3-9,14,17H,2,10H2,1H3,(H2,16,18). The third-order valence-electron chi connectivity index (χ3n) is 3.05. The molecule has 0 aliphatic heterocycles. The summed E-state index contributed by atoms with van der Waals surface area (Å²) in [7, 11) is 0. The van der Waals surface area contributed by atoms with Gasteiger partial charge < -0.3 is 11.1 Å². The zero-order valence-corrected chi connectivity index (χ0v) is 10.5. The van der Waals surface area contributed by atoms with Crippen molar-refractivity contribution in [3.8, 4) is 0 Å². The van der Waals surface area contributed by atoms with Gasteiger partial charge in [-0.3, -0.25) is 4.79 Å². The zero-order chi connectivity index (χ0) is 13.0. The summed E-state index contributed by atoms with van der Waals surface area (Å²) in [5.41, 5.74) is 6.46. The maximum Gasteiger partial charge on any atom is 0.219 e. The van der Waals surface area contributed by atoms with Crippen LogP contribution in [-0.4, -0.2) is 12.5 Å². The molecule has 18 heavy (non-hydrogen) atoms. The highest BCUT2D eigenvalue weighted by Gasteiger charge is 2.15. The molecule has 3 heteroatoms. The van der Waals surface area contributed by atoms with Gasteiger partial charge in [0, 0.05) is 12.5 Å². The number of nitrogens with one attached hydrogen (secondary N) is 1. The van der Waals surface area contributed by atoms with E-state index in [4.69, 9.17) is 5.73 Å². The van der Waals surface area contributed by atoms with E-state index in [1.165, 1.54) is 10.8 Å². The van der Waals surface area contributed by atoms with Crippen molar-refractivity contribution >= 4 is 16.7 Å². The highest BCUT2D eigenvalue weighted by Crippen LogP contribution is 2.26. The summed E-state index contributed by atoms with van der Waals surface area (Å²) in [5, 5.41) is 5.68. The first kappa shape index (κ1) is 12.6. The smallest absolute Gasteiger partial charge is 0.219 e. The van der Waals surface area contributed by atoms with Crippen molar-refractivity contribution in [3.05, 3.63) is 48.0 Å². The SMILES string of the molecule is CCNC(CC(N)=O)c1cccc2ccccc12. The van der Waals surface area contributed by atoms with E-state index in [-0.39, 0.29) is 11.9 Å². The van der Waals surface area contributed by atoms with Crippen LogP contribution in [0.25, 0.3) is 10.8 Å². The fourth-order valence-corrected chi connectivity index (χ4v) is 2.29. The van der Waals surface area contributed by atoms with Crippen molar-refractivity contribution in [3.63, 3.8) is 0 Å². The highest BCUT2D eigenvalue weighted by molar-refractivity contribution is 5.87. The van der Waals surface area contributed by atoms with Gasteiger partial charge in [0.1, 0.15) is 0 Å². The fourth-order valence-electron chi connectivity index (χ4n) is 2.29. The fraction of sp³-hybridized carbons (Fsp3) is 0.267. The Balaban J connectivity index is 2.46. The van der Waals surface area contributed by atoms with Crippen LogP contribution in [0.4, 0.5) is 0 Å². The van der Waals surface area contributed by atoms with Gasteiger partial charge >= 0.3 is 0 Å². The average Bonchev–Trinajstić information content (AvgIpc) is 2.37. The lowest BCUT2D eigenvalue weighted by molar-refractivity contribution is -0.118. The minimum Gasteiger partial charge on any atom is -0.370 e. The summed E-state index contributed by atoms with van der Waals surface area (Å²) in [4.78, 5) is 11.2. The second kappa shape index (κ2) is 5.65. The monoisotopic (exact) mass is 242 g/mol. The number of benzene rings is 2. The molecule has 1 amide bonds. The van der Waals surface area contributed by atoms with Crippen LogP contribution in [0.2, 0.25) is 0 Å². The number of nitrogens with two attached hydrogens (primary N) is 1. The molecule has 0 aliphatic carbocycles. The van der Waals surface area contributed by atoms with Crippen LogP contribution < -0.4 is 11.1 Å². The lowest BCUT2D eigenvalue weighted by Gasteiger charge is -2.18. The van der Waals surface area contributed by atoms with Crippen molar-refractivity contribution < 1.29 is 4.79 Å². The Morgan fingerprint density at radius 2 is 1.94 bits per heavy atom. The number of primary amides is 1. The molecule has 1 unspecified atom stereocenters. The summed E-state index contributed by atoms with van der Waals surface area (Å²) in [6, 6.07) is 14.3. The van der Waals surface area contributed by atoms with Crippen molar-refractivity contribution in [1.29, 1.82) is 0 Å². The molecular formula is C15H18N2O. The molecule has 0 bridgehead atoms. The predicted octanol–water partition coefficient (Wildman–Crippen LogP) is 2.37. The Labute approximate surface area is 107 Å². The Hall–Kier alpha value is -1.87. The number of fused-ring (bicyclic) bond motifs is 1. The maximum absolute atomic E-state index is 11.2. The minimum absolute atomic E-state index is 0.0152. The number of amides is 1. The third kappa shape index (κ3) is 2.68. The summed E-state index contributed by atoms with van der Waals surface area (Å²) < 4.78 is 0. The first-order valence-electron chi connectivity index (χ1n) is 6.21. The molecule has 3 N–H and O–H groups in total. The van der Waals surface area contributed by atoms with Crippen molar-refractivity contribution in [2.45, 2.75) is 19.4 Å². The van der Waals surface area contributed by atoms with E-state index < -0.39 is 0 Å². The normalized spacial score (nSPS) is 12.5. The molecule has 94 valence electrons. The largest absolute Gasteiger partial charge is 0.370 e. The number of carbonyl (C=O) groups excluding carboxylic acids is 1. The van der Waals surface area contributed by atoms with Crippen molar-refractivity contribution in [2.75, 3.05) is 6.54 Å². The molecule has 0 aromatic heterocycles. The molecular weight excluding hydrogens is 224 g/mol. The molecule has 0 heterocycles. The lowest BCUT2D eigenvalue weighted by atomic mass is 9.96. The summed E-state index contributed by atoms with van der Waals surface area (Å²) in [6.45, 7) is 2.83. The van der Waals surface area contributed by atoms with Crippen LogP contribution in [-0.2, 0) is 4.79 Å². The van der Waals surface area contributed by atoms with Crippen LogP contribution in [0.3, 0.4) is 0 Å². The van der Waals surface area contributed by atoms with Gasteiger partial charge in [0.2, 0.25) is 5.91 Å². The van der Waals surface area contributed by atoms with Crippen LogP contribution in [0.15, 0.2) is 42.5 Å². The van der Waals surface area contributed by atoms with E-state index in [2.05, 4.69) is 29.6 Å². The molecule has 0 saturated carbocycles. The Kier molecular flexibility index (Phi) is 3.95. The summed E-state index contributed by atoms with van der Waals surface area (Å²) in [5.74, 6) is -0.283. The molecule has 2 rings (SSSR count). The number of carbonyl (C=O) groups is 1. The van der Waals surface area contributed by atoms with Gasteiger partial charge in [-0.15, -0.1) is 0 Å². The van der Waals surface area contributed by atoms with Gasteiger partial charge in [0.05, 0.1) is 0 Å². The topological polar surface area (TPSA) is 55.1 Å². The molecule has 0 radical (unpaired) electrons. The van der Waals surface area contributed by atoms with Gasteiger partial charge in [-0.1, -0.05) is 49.4 Å². The van der Waals surface area contributed by atoms with E-state index in [0.717, 1.165) is 12.1 Å². The molecule has 0 fully saturated rings. The first-order chi connectivity index (χ1) is 8.72. The van der Waals surface area contributed by atoms with E-state index in [9.17, 15) is 4.79 Å². The van der Waals surface area contributed by atoms with Gasteiger partial charge in [-0.25, -0.2) is 0 Å². The molecule has 0 saturated heterocycles. The molecule has 0 spiro atoms. The van der Waals surface area contributed by atoms with E-state index in [1.54, 1.807) is 0 Å². The predicted molar refractivity (Wildman–Crippen MR) is 74.2 cm³/mol.